The van der Waals surface area contributed by atoms with E-state index in [0.717, 1.165) is 9.37 Å². The molecule has 17 heavy (non-hydrogen) atoms. The number of benzene rings is 1. The molecule has 1 aromatic rings. The van der Waals surface area contributed by atoms with E-state index in [-0.39, 0.29) is 11.4 Å². The standard InChI is InChI=1S/C13H16BrNOS/c1-13(2,8-3-4-8)15-12(16)10-7-9(17)5-6-11(10)14/h5-8,17H,3-4H2,1-2H3,(H,15,16). The molecular weight excluding hydrogens is 298 g/mol. The van der Waals surface area contributed by atoms with Crippen LogP contribution in [-0.4, -0.2) is 11.4 Å². The van der Waals surface area contributed by atoms with Crippen molar-refractivity contribution in [2.75, 3.05) is 0 Å². The SMILES string of the molecule is CC(C)(NC(=O)c1cc(S)ccc1Br)C1CC1. The van der Waals surface area contributed by atoms with Crippen LogP contribution in [0.15, 0.2) is 27.6 Å². The number of halogens is 1. The first-order valence-electron chi connectivity index (χ1n) is 5.71. The number of hydrogen-bond acceptors (Lipinski definition) is 2. The first-order valence-corrected chi connectivity index (χ1v) is 6.95. The van der Waals surface area contributed by atoms with Gasteiger partial charge in [-0.05, 0) is 66.7 Å². The van der Waals surface area contributed by atoms with Gasteiger partial charge in [0, 0.05) is 14.9 Å². The van der Waals surface area contributed by atoms with Gasteiger partial charge < -0.3 is 5.32 Å². The molecule has 1 aromatic carbocycles. The molecular formula is C13H16BrNOS. The Bertz CT molecular complexity index is 455. The van der Waals surface area contributed by atoms with Crippen molar-refractivity contribution in [1.29, 1.82) is 0 Å². The van der Waals surface area contributed by atoms with Gasteiger partial charge >= 0.3 is 0 Å². The molecule has 92 valence electrons. The zero-order valence-electron chi connectivity index (χ0n) is 9.96. The van der Waals surface area contributed by atoms with Crippen molar-refractivity contribution >= 4 is 34.5 Å². The van der Waals surface area contributed by atoms with Gasteiger partial charge in [0.05, 0.1) is 5.56 Å². The van der Waals surface area contributed by atoms with E-state index in [1.807, 2.05) is 12.1 Å². The molecule has 0 spiro atoms. The smallest absolute Gasteiger partial charge is 0.252 e. The maximum Gasteiger partial charge on any atom is 0.252 e. The molecule has 0 heterocycles. The number of amides is 1. The van der Waals surface area contributed by atoms with Crippen LogP contribution >= 0.6 is 28.6 Å². The van der Waals surface area contributed by atoms with Gasteiger partial charge in [-0.1, -0.05) is 0 Å². The molecule has 0 bridgehead atoms. The summed E-state index contributed by atoms with van der Waals surface area (Å²) in [7, 11) is 0. The molecule has 4 heteroatoms. The van der Waals surface area contributed by atoms with Gasteiger partial charge in [0.1, 0.15) is 0 Å². The summed E-state index contributed by atoms with van der Waals surface area (Å²) < 4.78 is 0.805. The van der Waals surface area contributed by atoms with Crippen molar-refractivity contribution in [1.82, 2.24) is 5.32 Å². The van der Waals surface area contributed by atoms with Gasteiger partial charge in [-0.25, -0.2) is 0 Å². The fourth-order valence-corrected chi connectivity index (χ4v) is 2.58. The zero-order valence-corrected chi connectivity index (χ0v) is 12.4. The van der Waals surface area contributed by atoms with Crippen molar-refractivity contribution in [2.24, 2.45) is 5.92 Å². The van der Waals surface area contributed by atoms with Crippen LogP contribution in [0.3, 0.4) is 0 Å². The fraction of sp³-hybridized carbons (Fsp3) is 0.462. The monoisotopic (exact) mass is 313 g/mol. The third-order valence-corrected chi connectivity index (χ3v) is 4.20. The summed E-state index contributed by atoms with van der Waals surface area (Å²) in [5.74, 6) is 0.578. The molecule has 0 unspecified atom stereocenters. The van der Waals surface area contributed by atoms with Crippen LogP contribution < -0.4 is 5.32 Å². The molecule has 1 saturated carbocycles. The normalized spacial score (nSPS) is 15.8. The lowest BCUT2D eigenvalue weighted by Crippen LogP contribution is -2.45. The molecule has 1 aliphatic rings. The minimum atomic E-state index is -0.122. The highest BCUT2D eigenvalue weighted by atomic mass is 79.9. The summed E-state index contributed by atoms with van der Waals surface area (Å²) in [5, 5.41) is 3.10. The van der Waals surface area contributed by atoms with E-state index in [2.05, 4.69) is 47.7 Å². The lowest BCUT2D eigenvalue weighted by atomic mass is 9.98. The predicted octanol–water partition coefficient (Wildman–Crippen LogP) is 3.66. The molecule has 0 aromatic heterocycles. The van der Waals surface area contributed by atoms with E-state index in [9.17, 15) is 4.79 Å². The Morgan fingerprint density at radius 1 is 1.47 bits per heavy atom. The number of carbonyl (C=O) groups excluding carboxylic acids is 1. The molecule has 0 aliphatic heterocycles. The van der Waals surface area contributed by atoms with Gasteiger partial charge in [0.15, 0.2) is 0 Å². The molecule has 2 rings (SSSR count). The Morgan fingerprint density at radius 3 is 2.71 bits per heavy atom. The van der Waals surface area contributed by atoms with Crippen LogP contribution in [-0.2, 0) is 0 Å². The summed E-state index contributed by atoms with van der Waals surface area (Å²) in [5.41, 5.74) is 0.523. The summed E-state index contributed by atoms with van der Waals surface area (Å²) >= 11 is 7.66. The molecule has 2 nitrogen and oxygen atoms in total. The van der Waals surface area contributed by atoms with Crippen LogP contribution in [0.1, 0.15) is 37.0 Å². The van der Waals surface area contributed by atoms with Crippen LogP contribution in [0, 0.1) is 5.92 Å². The highest BCUT2D eigenvalue weighted by Crippen LogP contribution is 2.39. The second-order valence-corrected chi connectivity index (χ2v) is 6.48. The van der Waals surface area contributed by atoms with Crippen LogP contribution in [0.4, 0.5) is 0 Å². The number of nitrogens with one attached hydrogen (secondary N) is 1. The molecule has 0 saturated heterocycles. The summed E-state index contributed by atoms with van der Waals surface area (Å²) in [6, 6.07) is 5.49. The van der Waals surface area contributed by atoms with Gasteiger partial charge in [0.25, 0.3) is 5.91 Å². The van der Waals surface area contributed by atoms with Gasteiger partial charge in [-0.2, -0.15) is 0 Å². The predicted molar refractivity (Wildman–Crippen MR) is 75.7 cm³/mol. The second-order valence-electron chi connectivity index (χ2n) is 5.11. The molecule has 1 N–H and O–H groups in total. The maximum atomic E-state index is 12.2. The number of carbonyl (C=O) groups is 1. The van der Waals surface area contributed by atoms with E-state index in [1.165, 1.54) is 12.8 Å². The van der Waals surface area contributed by atoms with Crippen molar-refractivity contribution in [3.63, 3.8) is 0 Å². The highest BCUT2D eigenvalue weighted by molar-refractivity contribution is 9.10. The number of thiol groups is 1. The van der Waals surface area contributed by atoms with E-state index in [1.54, 1.807) is 6.07 Å². The average molecular weight is 314 g/mol. The van der Waals surface area contributed by atoms with Crippen molar-refractivity contribution in [3.8, 4) is 0 Å². The third-order valence-electron chi connectivity index (χ3n) is 3.23. The average Bonchev–Trinajstić information content (AvgIpc) is 3.04. The van der Waals surface area contributed by atoms with Crippen LogP contribution in [0.2, 0.25) is 0 Å². The van der Waals surface area contributed by atoms with E-state index in [0.29, 0.717) is 11.5 Å². The molecule has 0 atom stereocenters. The molecule has 1 amide bonds. The molecule has 1 fully saturated rings. The van der Waals surface area contributed by atoms with Crippen molar-refractivity contribution in [3.05, 3.63) is 28.2 Å². The first kappa shape index (κ1) is 13.0. The van der Waals surface area contributed by atoms with Crippen LogP contribution in [0.5, 0.6) is 0 Å². The van der Waals surface area contributed by atoms with Gasteiger partial charge in [-0.15, -0.1) is 12.6 Å². The minimum Gasteiger partial charge on any atom is -0.347 e. The Hall–Kier alpha value is -0.480. The van der Waals surface area contributed by atoms with Gasteiger partial charge in [0.2, 0.25) is 0 Å². The Kier molecular flexibility index (Phi) is 3.55. The summed E-state index contributed by atoms with van der Waals surface area (Å²) in [4.78, 5) is 13.0. The summed E-state index contributed by atoms with van der Waals surface area (Å²) in [6.45, 7) is 4.17. The zero-order chi connectivity index (χ0) is 12.6. The number of hydrogen-bond donors (Lipinski definition) is 2. The van der Waals surface area contributed by atoms with E-state index in [4.69, 9.17) is 0 Å². The minimum absolute atomic E-state index is 0.0373. The second kappa shape index (κ2) is 4.65. The third kappa shape index (κ3) is 3.05. The Labute approximate surface area is 116 Å². The quantitative estimate of drug-likeness (QED) is 0.819. The fourth-order valence-electron chi connectivity index (χ4n) is 1.95. The van der Waals surface area contributed by atoms with Crippen molar-refractivity contribution < 1.29 is 4.79 Å². The highest BCUT2D eigenvalue weighted by Gasteiger charge is 2.39. The Balaban J connectivity index is 2.16. The summed E-state index contributed by atoms with van der Waals surface area (Å²) in [6.07, 6.45) is 2.42. The van der Waals surface area contributed by atoms with E-state index >= 15 is 0 Å². The van der Waals surface area contributed by atoms with E-state index < -0.39 is 0 Å². The molecule has 1 aliphatic carbocycles. The van der Waals surface area contributed by atoms with Crippen LogP contribution in [0.25, 0.3) is 0 Å². The molecule has 0 radical (unpaired) electrons. The van der Waals surface area contributed by atoms with Gasteiger partial charge in [-0.3, -0.25) is 4.79 Å². The maximum absolute atomic E-state index is 12.2. The Morgan fingerprint density at radius 2 is 2.12 bits per heavy atom. The topological polar surface area (TPSA) is 29.1 Å². The largest absolute Gasteiger partial charge is 0.347 e. The lowest BCUT2D eigenvalue weighted by Gasteiger charge is -2.26. The number of rotatable bonds is 3. The van der Waals surface area contributed by atoms with Crippen molar-refractivity contribution in [2.45, 2.75) is 37.1 Å². The lowest BCUT2D eigenvalue weighted by molar-refractivity contribution is 0.0902. The first-order chi connectivity index (χ1) is 7.90.